The molecule has 0 radical (unpaired) electrons. The van der Waals surface area contributed by atoms with Gasteiger partial charge < -0.3 is 19.9 Å². The van der Waals surface area contributed by atoms with Crippen molar-refractivity contribution in [1.29, 1.82) is 0 Å². The maximum absolute atomic E-state index is 13.5. The minimum absolute atomic E-state index is 0.00791. The fourth-order valence-electron chi connectivity index (χ4n) is 5.47. The van der Waals surface area contributed by atoms with Crippen molar-refractivity contribution < 1.29 is 28.3 Å². The Hall–Kier alpha value is -3.11. The number of carbonyl (C=O) groups is 4. The molecule has 3 saturated heterocycles. The average molecular weight is 485 g/mol. The molecule has 0 aromatic heterocycles. The number of halogens is 1. The highest BCUT2D eigenvalue weighted by molar-refractivity contribution is 6.42. The van der Waals surface area contributed by atoms with Crippen LogP contribution in [-0.4, -0.2) is 78.4 Å². The highest BCUT2D eigenvalue weighted by Crippen LogP contribution is 2.44. The predicted octanol–water partition coefficient (Wildman–Crippen LogP) is 0.415. The number of nitrogens with zero attached hydrogens (tertiary/aromatic N) is 2. The number of fused-ring (bicyclic) bond motifs is 2. The first-order valence-electron chi connectivity index (χ1n) is 12.0. The summed E-state index contributed by atoms with van der Waals surface area (Å²) in [5.74, 6) is -2.54. The second kappa shape index (κ2) is 9.16. The number of ketones is 1. The van der Waals surface area contributed by atoms with Crippen molar-refractivity contribution in [2.75, 3.05) is 32.8 Å². The summed E-state index contributed by atoms with van der Waals surface area (Å²) in [6, 6.07) is 3.18. The molecule has 6 rings (SSSR count). The quantitative estimate of drug-likeness (QED) is 0.364. The lowest BCUT2D eigenvalue weighted by atomic mass is 9.74. The first kappa shape index (κ1) is 23.6. The molecule has 2 bridgehead atoms. The molecule has 1 aliphatic carbocycles. The minimum atomic E-state index is -1.32. The fraction of sp³-hybridized carbons (Fsp3) is 0.520. The summed E-state index contributed by atoms with van der Waals surface area (Å²) in [6.07, 6.45) is 3.07. The maximum atomic E-state index is 13.5. The first-order valence-corrected chi connectivity index (χ1v) is 12.0. The van der Waals surface area contributed by atoms with Crippen LogP contribution in [0.5, 0.6) is 0 Å². The number of amides is 3. The molecule has 2 N–H and O–H groups in total. The van der Waals surface area contributed by atoms with Gasteiger partial charge in [-0.25, -0.2) is 4.39 Å². The van der Waals surface area contributed by atoms with E-state index in [1.807, 2.05) is 6.08 Å². The van der Waals surface area contributed by atoms with E-state index in [9.17, 15) is 23.6 Å². The fourth-order valence-corrected chi connectivity index (χ4v) is 5.47. The summed E-state index contributed by atoms with van der Waals surface area (Å²) in [7, 11) is 0. The third-order valence-electron chi connectivity index (χ3n) is 7.54. The number of aryl methyl sites for hydroxylation is 1. The standard InChI is InChI=1S/C25H29FN4O5/c1-15-12-16(2-3-18(15)26)13-27-22(32)19-20(31)23(33)30-14-25(24(34)29-8-10-35-11-9-29)6-4-17(5-7-25)21(30)28-19/h2-4,12,19,21,28H,5-11,13-14H2,1H3,(H,27,32). The van der Waals surface area contributed by atoms with Crippen molar-refractivity contribution in [2.45, 2.75) is 44.9 Å². The molecule has 1 aromatic carbocycles. The van der Waals surface area contributed by atoms with Crippen molar-refractivity contribution in [2.24, 2.45) is 5.41 Å². The molecule has 3 fully saturated rings. The normalized spacial score (nSPS) is 28.3. The van der Waals surface area contributed by atoms with Crippen LogP contribution in [0.1, 0.15) is 30.4 Å². The molecule has 3 amide bonds. The Labute approximate surface area is 202 Å². The van der Waals surface area contributed by atoms with E-state index in [-0.39, 0.29) is 24.8 Å². The molecule has 3 atom stereocenters. The Bertz CT molecular complexity index is 1120. The smallest absolute Gasteiger partial charge is 0.293 e. The lowest BCUT2D eigenvalue weighted by Crippen LogP contribution is -2.68. The Morgan fingerprint density at radius 1 is 1.26 bits per heavy atom. The molecule has 5 aliphatic rings. The van der Waals surface area contributed by atoms with Crippen LogP contribution < -0.4 is 10.6 Å². The molecule has 1 aromatic rings. The topological polar surface area (TPSA) is 108 Å². The monoisotopic (exact) mass is 484 g/mol. The molecule has 9 nitrogen and oxygen atoms in total. The SMILES string of the molecule is Cc1cc(CNC(=O)C2NC3C4=CCC(C(=O)N5CCOCC5)(CC4)CN3C(=O)C2=O)ccc1F. The number of allylic oxidation sites excluding steroid dienone is 1. The Morgan fingerprint density at radius 3 is 2.71 bits per heavy atom. The van der Waals surface area contributed by atoms with Crippen LogP contribution in [0.2, 0.25) is 0 Å². The van der Waals surface area contributed by atoms with Crippen molar-refractivity contribution in [3.05, 3.63) is 46.8 Å². The number of Topliss-reactive ketones (excluding diaryl/α,β-unsaturated/α-hetero) is 1. The van der Waals surface area contributed by atoms with Gasteiger partial charge in [-0.15, -0.1) is 0 Å². The average Bonchev–Trinajstić information content (AvgIpc) is 3.14. The molecular weight excluding hydrogens is 455 g/mol. The Balaban J connectivity index is 1.31. The zero-order chi connectivity index (χ0) is 24.7. The van der Waals surface area contributed by atoms with E-state index in [1.165, 1.54) is 11.0 Å². The summed E-state index contributed by atoms with van der Waals surface area (Å²) in [6.45, 7) is 3.88. The van der Waals surface area contributed by atoms with E-state index in [2.05, 4.69) is 10.6 Å². The summed E-state index contributed by atoms with van der Waals surface area (Å²) in [5.41, 5.74) is 1.28. The lowest BCUT2D eigenvalue weighted by Gasteiger charge is -2.41. The van der Waals surface area contributed by atoms with Crippen molar-refractivity contribution in [1.82, 2.24) is 20.4 Å². The highest BCUT2D eigenvalue weighted by Gasteiger charge is 2.54. The Kier molecular flexibility index (Phi) is 6.18. The number of ether oxygens (including phenoxy) is 1. The summed E-state index contributed by atoms with van der Waals surface area (Å²) < 4.78 is 18.9. The van der Waals surface area contributed by atoms with Gasteiger partial charge >= 0.3 is 0 Å². The molecule has 4 aliphatic heterocycles. The lowest BCUT2D eigenvalue weighted by molar-refractivity contribution is -0.157. The molecule has 0 saturated carbocycles. The number of hydrogen-bond acceptors (Lipinski definition) is 6. The molecule has 35 heavy (non-hydrogen) atoms. The van der Waals surface area contributed by atoms with E-state index < -0.39 is 35.2 Å². The highest BCUT2D eigenvalue weighted by atomic mass is 19.1. The Morgan fingerprint density at radius 2 is 2.03 bits per heavy atom. The van der Waals surface area contributed by atoms with Crippen LogP contribution in [0.4, 0.5) is 4.39 Å². The van der Waals surface area contributed by atoms with Gasteiger partial charge in [-0.3, -0.25) is 24.5 Å². The number of hydrogen-bond donors (Lipinski definition) is 2. The zero-order valence-electron chi connectivity index (χ0n) is 19.6. The molecule has 10 heteroatoms. The van der Waals surface area contributed by atoms with Gasteiger partial charge in [-0.2, -0.15) is 0 Å². The summed E-state index contributed by atoms with van der Waals surface area (Å²) >= 11 is 0. The van der Waals surface area contributed by atoms with Crippen LogP contribution in [0, 0.1) is 18.2 Å². The van der Waals surface area contributed by atoms with Crippen LogP contribution in [0.25, 0.3) is 0 Å². The van der Waals surface area contributed by atoms with Gasteiger partial charge in [0.25, 0.3) is 5.91 Å². The van der Waals surface area contributed by atoms with Crippen LogP contribution >= 0.6 is 0 Å². The van der Waals surface area contributed by atoms with Crippen LogP contribution in [0.3, 0.4) is 0 Å². The molecule has 3 unspecified atom stereocenters. The molecule has 4 heterocycles. The van der Waals surface area contributed by atoms with Gasteiger partial charge in [0, 0.05) is 26.2 Å². The van der Waals surface area contributed by atoms with Gasteiger partial charge in [-0.1, -0.05) is 18.2 Å². The van der Waals surface area contributed by atoms with E-state index >= 15 is 0 Å². The largest absolute Gasteiger partial charge is 0.378 e. The van der Waals surface area contributed by atoms with Crippen LogP contribution in [0.15, 0.2) is 29.8 Å². The third-order valence-corrected chi connectivity index (χ3v) is 7.54. The predicted molar refractivity (Wildman–Crippen MR) is 122 cm³/mol. The van der Waals surface area contributed by atoms with Crippen molar-refractivity contribution in [3.63, 3.8) is 0 Å². The van der Waals surface area contributed by atoms with E-state index in [0.29, 0.717) is 56.7 Å². The maximum Gasteiger partial charge on any atom is 0.293 e. The van der Waals surface area contributed by atoms with Crippen molar-refractivity contribution in [3.8, 4) is 0 Å². The zero-order valence-corrected chi connectivity index (χ0v) is 19.6. The van der Waals surface area contributed by atoms with E-state index in [4.69, 9.17) is 4.74 Å². The van der Waals surface area contributed by atoms with Gasteiger partial charge in [0.1, 0.15) is 12.0 Å². The van der Waals surface area contributed by atoms with Gasteiger partial charge in [0.05, 0.1) is 18.6 Å². The van der Waals surface area contributed by atoms with Gasteiger partial charge in [0.2, 0.25) is 17.6 Å². The number of rotatable bonds is 4. The van der Waals surface area contributed by atoms with Gasteiger partial charge in [-0.05, 0) is 49.0 Å². The summed E-state index contributed by atoms with van der Waals surface area (Å²) in [4.78, 5) is 55.8. The van der Waals surface area contributed by atoms with Gasteiger partial charge in [0.15, 0.2) is 6.04 Å². The second-order valence-corrected chi connectivity index (χ2v) is 9.77. The molecular formula is C25H29FN4O5. The molecule has 0 spiro atoms. The van der Waals surface area contributed by atoms with E-state index in [0.717, 1.165) is 5.57 Å². The first-order chi connectivity index (χ1) is 16.8. The third kappa shape index (κ3) is 4.25. The minimum Gasteiger partial charge on any atom is -0.378 e. The van der Waals surface area contributed by atoms with E-state index in [1.54, 1.807) is 24.0 Å². The number of benzene rings is 1. The second-order valence-electron chi connectivity index (χ2n) is 9.77. The summed E-state index contributed by atoms with van der Waals surface area (Å²) in [5, 5.41) is 5.75. The van der Waals surface area contributed by atoms with Crippen molar-refractivity contribution >= 4 is 23.5 Å². The number of nitrogens with one attached hydrogen (secondary N) is 2. The van der Waals surface area contributed by atoms with Crippen LogP contribution in [-0.2, 0) is 30.5 Å². The number of carbonyl (C=O) groups excluding carboxylic acids is 4. The number of morpholine rings is 1. The molecule has 186 valence electrons.